The molecule has 0 saturated heterocycles. The Morgan fingerprint density at radius 1 is 0.905 bits per heavy atom. The molecule has 0 aromatic heterocycles. The van der Waals surface area contributed by atoms with Gasteiger partial charge >= 0.3 is 0 Å². The van der Waals surface area contributed by atoms with Crippen LogP contribution in [-0.2, 0) is 12.8 Å². The highest BCUT2D eigenvalue weighted by molar-refractivity contribution is 5.34. The van der Waals surface area contributed by atoms with E-state index in [1.807, 2.05) is 0 Å². The number of aryl methyl sites for hydroxylation is 2. The molecule has 0 amide bonds. The summed E-state index contributed by atoms with van der Waals surface area (Å²) >= 11 is 0. The summed E-state index contributed by atoms with van der Waals surface area (Å²) in [7, 11) is 0. The molecule has 0 atom stereocenters. The van der Waals surface area contributed by atoms with Crippen LogP contribution in [0.2, 0.25) is 0 Å². The summed E-state index contributed by atoms with van der Waals surface area (Å²) in [6, 6.07) is 6.72. The fourth-order valence-electron chi connectivity index (χ4n) is 3.42. The van der Waals surface area contributed by atoms with E-state index in [1.54, 1.807) is 0 Å². The minimum atomic E-state index is 0.878. The maximum Gasteiger partial charge on any atom is 0.119 e. The maximum absolute atomic E-state index is 5.98. The van der Waals surface area contributed by atoms with E-state index >= 15 is 0 Å². The van der Waals surface area contributed by atoms with Gasteiger partial charge in [0.25, 0.3) is 0 Å². The van der Waals surface area contributed by atoms with Gasteiger partial charge < -0.3 is 4.74 Å². The Balaban J connectivity index is 1.68. The summed E-state index contributed by atoms with van der Waals surface area (Å²) in [6.07, 6.45) is 13.5. The van der Waals surface area contributed by atoms with E-state index in [0.29, 0.717) is 0 Å². The minimum Gasteiger partial charge on any atom is -0.494 e. The van der Waals surface area contributed by atoms with Crippen molar-refractivity contribution in [1.82, 2.24) is 0 Å². The van der Waals surface area contributed by atoms with E-state index in [9.17, 15) is 0 Å². The summed E-state index contributed by atoms with van der Waals surface area (Å²) in [5.74, 6) is 2.08. The van der Waals surface area contributed by atoms with Gasteiger partial charge in [0.05, 0.1) is 6.61 Å². The number of hydrogen-bond acceptors (Lipinski definition) is 1. The number of unbranched alkanes of at least 4 members (excludes halogenated alkanes) is 1. The Bertz CT molecular complexity index is 382. The molecule has 1 fully saturated rings. The van der Waals surface area contributed by atoms with Crippen LogP contribution in [0, 0.1) is 5.92 Å². The van der Waals surface area contributed by atoms with Crippen LogP contribution in [0.25, 0.3) is 0 Å². The first-order chi connectivity index (χ1) is 10.3. The SMILES string of the molecule is CCc1cc(CC)cc(OCCCCC2CCCCC2)c1. The second kappa shape index (κ2) is 9.12. The van der Waals surface area contributed by atoms with Crippen molar-refractivity contribution in [1.29, 1.82) is 0 Å². The van der Waals surface area contributed by atoms with Crippen LogP contribution in [0.4, 0.5) is 0 Å². The lowest BCUT2D eigenvalue weighted by Gasteiger charge is -2.21. The Morgan fingerprint density at radius 3 is 2.19 bits per heavy atom. The van der Waals surface area contributed by atoms with E-state index in [0.717, 1.165) is 31.1 Å². The maximum atomic E-state index is 5.98. The van der Waals surface area contributed by atoms with Crippen molar-refractivity contribution in [3.05, 3.63) is 29.3 Å². The quantitative estimate of drug-likeness (QED) is 0.538. The second-order valence-corrected chi connectivity index (χ2v) is 6.54. The molecule has 1 nitrogen and oxygen atoms in total. The summed E-state index contributed by atoms with van der Waals surface area (Å²) in [5.41, 5.74) is 2.79. The third-order valence-corrected chi connectivity index (χ3v) is 4.84. The normalized spacial score (nSPS) is 16.1. The lowest BCUT2D eigenvalue weighted by atomic mass is 9.86. The smallest absolute Gasteiger partial charge is 0.119 e. The second-order valence-electron chi connectivity index (χ2n) is 6.54. The molecular weight excluding hydrogens is 256 g/mol. The van der Waals surface area contributed by atoms with Crippen LogP contribution in [0.5, 0.6) is 5.75 Å². The highest BCUT2D eigenvalue weighted by atomic mass is 16.5. The molecule has 0 aliphatic heterocycles. The molecule has 1 aliphatic rings. The van der Waals surface area contributed by atoms with Crippen molar-refractivity contribution in [2.45, 2.75) is 78.1 Å². The van der Waals surface area contributed by atoms with Crippen molar-refractivity contribution in [3.8, 4) is 5.75 Å². The first kappa shape index (κ1) is 16.4. The molecule has 0 heterocycles. The highest BCUT2D eigenvalue weighted by Crippen LogP contribution is 2.27. The van der Waals surface area contributed by atoms with Crippen LogP contribution in [0.3, 0.4) is 0 Å². The zero-order valence-electron chi connectivity index (χ0n) is 14.0. The molecule has 1 heteroatoms. The van der Waals surface area contributed by atoms with Gasteiger partial charge in [-0.1, -0.05) is 58.4 Å². The molecule has 1 aromatic carbocycles. The van der Waals surface area contributed by atoms with Crippen molar-refractivity contribution < 1.29 is 4.74 Å². The zero-order chi connectivity index (χ0) is 14.9. The monoisotopic (exact) mass is 288 g/mol. The Morgan fingerprint density at radius 2 is 1.57 bits per heavy atom. The van der Waals surface area contributed by atoms with Gasteiger partial charge in [-0.3, -0.25) is 0 Å². The molecule has 21 heavy (non-hydrogen) atoms. The van der Waals surface area contributed by atoms with Crippen LogP contribution in [0.15, 0.2) is 18.2 Å². The van der Waals surface area contributed by atoms with Crippen molar-refractivity contribution in [2.24, 2.45) is 5.92 Å². The largest absolute Gasteiger partial charge is 0.494 e. The molecule has 0 bridgehead atoms. The molecule has 0 radical (unpaired) electrons. The van der Waals surface area contributed by atoms with Gasteiger partial charge in [-0.2, -0.15) is 0 Å². The van der Waals surface area contributed by atoms with Crippen molar-refractivity contribution in [3.63, 3.8) is 0 Å². The molecular formula is C20H32O. The third-order valence-electron chi connectivity index (χ3n) is 4.84. The number of benzene rings is 1. The molecule has 2 rings (SSSR count). The molecule has 1 saturated carbocycles. The predicted molar refractivity (Wildman–Crippen MR) is 91.1 cm³/mol. The minimum absolute atomic E-state index is 0.878. The summed E-state index contributed by atoms with van der Waals surface area (Å²) in [4.78, 5) is 0. The van der Waals surface area contributed by atoms with Crippen molar-refractivity contribution >= 4 is 0 Å². The van der Waals surface area contributed by atoms with Crippen LogP contribution >= 0.6 is 0 Å². The molecule has 118 valence electrons. The van der Waals surface area contributed by atoms with Gasteiger partial charge in [-0.05, 0) is 54.9 Å². The van der Waals surface area contributed by atoms with E-state index in [-0.39, 0.29) is 0 Å². The fraction of sp³-hybridized carbons (Fsp3) is 0.700. The summed E-state index contributed by atoms with van der Waals surface area (Å²) in [5, 5.41) is 0. The molecule has 0 N–H and O–H groups in total. The average Bonchev–Trinajstić information content (AvgIpc) is 2.55. The van der Waals surface area contributed by atoms with Gasteiger partial charge in [0.15, 0.2) is 0 Å². The van der Waals surface area contributed by atoms with Gasteiger partial charge in [-0.15, -0.1) is 0 Å². The highest BCUT2D eigenvalue weighted by Gasteiger charge is 2.12. The lowest BCUT2D eigenvalue weighted by molar-refractivity contribution is 0.283. The van der Waals surface area contributed by atoms with Crippen LogP contribution in [-0.4, -0.2) is 6.61 Å². The third kappa shape index (κ3) is 5.73. The molecule has 1 aromatic rings. The van der Waals surface area contributed by atoms with E-state index in [1.165, 1.54) is 62.5 Å². The van der Waals surface area contributed by atoms with Crippen LogP contribution < -0.4 is 4.74 Å². The van der Waals surface area contributed by atoms with Gasteiger partial charge in [0, 0.05) is 0 Å². The molecule has 0 unspecified atom stereocenters. The predicted octanol–water partition coefficient (Wildman–Crippen LogP) is 5.94. The van der Waals surface area contributed by atoms with Gasteiger partial charge in [0.1, 0.15) is 5.75 Å². The van der Waals surface area contributed by atoms with Gasteiger partial charge in [-0.25, -0.2) is 0 Å². The zero-order valence-corrected chi connectivity index (χ0v) is 14.0. The van der Waals surface area contributed by atoms with E-state index in [4.69, 9.17) is 4.74 Å². The van der Waals surface area contributed by atoms with Crippen LogP contribution in [0.1, 0.15) is 76.3 Å². The summed E-state index contributed by atoms with van der Waals surface area (Å²) in [6.45, 7) is 5.30. The van der Waals surface area contributed by atoms with Crippen molar-refractivity contribution in [2.75, 3.05) is 6.61 Å². The first-order valence-corrected chi connectivity index (χ1v) is 9.07. The lowest BCUT2D eigenvalue weighted by Crippen LogP contribution is -2.07. The summed E-state index contributed by atoms with van der Waals surface area (Å²) < 4.78 is 5.98. The molecule has 0 spiro atoms. The first-order valence-electron chi connectivity index (χ1n) is 9.07. The topological polar surface area (TPSA) is 9.23 Å². The number of hydrogen-bond donors (Lipinski definition) is 0. The number of ether oxygens (including phenoxy) is 1. The average molecular weight is 288 g/mol. The Labute approximate surface area is 131 Å². The Kier molecular flexibility index (Phi) is 7.12. The standard InChI is InChI=1S/C20H32O/c1-3-17-14-18(4-2)16-20(15-17)21-13-9-8-12-19-10-6-5-7-11-19/h14-16,19H,3-13H2,1-2H3. The number of rotatable bonds is 8. The Hall–Kier alpha value is -0.980. The fourth-order valence-corrected chi connectivity index (χ4v) is 3.42. The van der Waals surface area contributed by atoms with Gasteiger partial charge in [0.2, 0.25) is 0 Å². The molecule has 1 aliphatic carbocycles. The van der Waals surface area contributed by atoms with E-state index < -0.39 is 0 Å². The van der Waals surface area contributed by atoms with E-state index in [2.05, 4.69) is 32.0 Å².